The van der Waals surface area contributed by atoms with Crippen molar-refractivity contribution in [3.05, 3.63) is 23.8 Å². The third kappa shape index (κ3) is 2.70. The van der Waals surface area contributed by atoms with E-state index >= 15 is 0 Å². The monoisotopic (exact) mass is 290 g/mol. The molecule has 0 aromatic heterocycles. The molecule has 0 saturated carbocycles. The molecule has 5 nitrogen and oxygen atoms in total. The Kier molecular flexibility index (Phi) is 4.01. The topological polar surface area (TPSA) is 42.0 Å². The highest BCUT2D eigenvalue weighted by Gasteiger charge is 2.33. The van der Waals surface area contributed by atoms with Crippen LogP contribution in [0.1, 0.15) is 23.2 Å². The summed E-state index contributed by atoms with van der Waals surface area (Å²) in [6.07, 6.45) is 2.45. The quantitative estimate of drug-likeness (QED) is 0.848. The zero-order valence-corrected chi connectivity index (χ0v) is 12.7. The molecule has 0 radical (unpaired) electrons. The molecule has 2 saturated heterocycles. The van der Waals surface area contributed by atoms with Gasteiger partial charge in [-0.15, -0.1) is 0 Å². The van der Waals surface area contributed by atoms with Crippen molar-refractivity contribution >= 4 is 5.91 Å². The molecule has 1 aromatic rings. The number of methoxy groups -OCH3 is 2. The van der Waals surface area contributed by atoms with E-state index in [0.717, 1.165) is 19.6 Å². The highest BCUT2D eigenvalue weighted by atomic mass is 16.5. The van der Waals surface area contributed by atoms with E-state index in [4.69, 9.17) is 9.47 Å². The van der Waals surface area contributed by atoms with Gasteiger partial charge in [0, 0.05) is 31.7 Å². The van der Waals surface area contributed by atoms with Gasteiger partial charge in [-0.25, -0.2) is 0 Å². The van der Waals surface area contributed by atoms with Gasteiger partial charge >= 0.3 is 0 Å². The molecule has 0 N–H and O–H groups in total. The molecule has 2 fully saturated rings. The second-order valence-corrected chi connectivity index (χ2v) is 5.65. The van der Waals surface area contributed by atoms with Gasteiger partial charge in [-0.1, -0.05) is 0 Å². The van der Waals surface area contributed by atoms with Crippen molar-refractivity contribution in [2.24, 2.45) is 0 Å². The summed E-state index contributed by atoms with van der Waals surface area (Å²) in [5, 5.41) is 0. The zero-order chi connectivity index (χ0) is 14.8. The summed E-state index contributed by atoms with van der Waals surface area (Å²) in [6, 6.07) is 5.90. The average molecular weight is 290 g/mol. The Morgan fingerprint density at radius 1 is 1.19 bits per heavy atom. The molecule has 5 heteroatoms. The molecule has 1 unspecified atom stereocenters. The second-order valence-electron chi connectivity index (χ2n) is 5.65. The Hall–Kier alpha value is -1.75. The summed E-state index contributed by atoms with van der Waals surface area (Å²) in [6.45, 7) is 3.78. The van der Waals surface area contributed by atoms with Crippen molar-refractivity contribution in [3.63, 3.8) is 0 Å². The molecule has 114 valence electrons. The molecule has 3 rings (SSSR count). The number of amides is 1. The Balaban J connectivity index is 1.78. The van der Waals surface area contributed by atoms with Gasteiger partial charge in [0.15, 0.2) is 0 Å². The van der Waals surface area contributed by atoms with Crippen LogP contribution in [0, 0.1) is 0 Å². The van der Waals surface area contributed by atoms with E-state index in [-0.39, 0.29) is 5.91 Å². The van der Waals surface area contributed by atoms with Crippen LogP contribution in [0.15, 0.2) is 18.2 Å². The molecule has 0 aliphatic carbocycles. The van der Waals surface area contributed by atoms with Crippen molar-refractivity contribution in [1.29, 1.82) is 0 Å². The summed E-state index contributed by atoms with van der Waals surface area (Å²) in [5.74, 6) is 1.33. The van der Waals surface area contributed by atoms with Crippen molar-refractivity contribution in [1.82, 2.24) is 9.80 Å². The number of piperazine rings is 1. The summed E-state index contributed by atoms with van der Waals surface area (Å²) < 4.78 is 10.5. The summed E-state index contributed by atoms with van der Waals surface area (Å²) in [7, 11) is 3.19. The Bertz CT molecular complexity index is 532. The van der Waals surface area contributed by atoms with Gasteiger partial charge in [0.2, 0.25) is 0 Å². The van der Waals surface area contributed by atoms with Crippen LogP contribution in [0.4, 0.5) is 0 Å². The third-order valence-corrected chi connectivity index (χ3v) is 4.51. The summed E-state index contributed by atoms with van der Waals surface area (Å²) in [4.78, 5) is 17.2. The van der Waals surface area contributed by atoms with Gasteiger partial charge in [0.05, 0.1) is 19.8 Å². The number of fused-ring (bicyclic) bond motifs is 1. The maximum atomic E-state index is 12.8. The highest BCUT2D eigenvalue weighted by Crippen LogP contribution is 2.28. The zero-order valence-electron chi connectivity index (χ0n) is 12.7. The van der Waals surface area contributed by atoms with E-state index < -0.39 is 0 Å². The van der Waals surface area contributed by atoms with Crippen LogP contribution < -0.4 is 9.47 Å². The minimum atomic E-state index is 0.0565. The molecular formula is C16H22N2O3. The fourth-order valence-corrected chi connectivity index (χ4v) is 3.32. The first-order valence-electron chi connectivity index (χ1n) is 7.48. The van der Waals surface area contributed by atoms with Crippen molar-refractivity contribution < 1.29 is 14.3 Å². The predicted molar refractivity (Wildman–Crippen MR) is 80.0 cm³/mol. The van der Waals surface area contributed by atoms with Gasteiger partial charge in [-0.05, 0) is 31.5 Å². The number of hydrogen-bond donors (Lipinski definition) is 0. The van der Waals surface area contributed by atoms with E-state index in [1.54, 1.807) is 26.4 Å². The predicted octanol–water partition coefficient (Wildman–Crippen LogP) is 1.62. The smallest absolute Gasteiger partial charge is 0.257 e. The van der Waals surface area contributed by atoms with Crippen molar-refractivity contribution in [2.45, 2.75) is 18.9 Å². The molecule has 21 heavy (non-hydrogen) atoms. The van der Waals surface area contributed by atoms with Gasteiger partial charge in [-0.2, -0.15) is 0 Å². The number of carbonyl (C=O) groups is 1. The largest absolute Gasteiger partial charge is 0.497 e. The van der Waals surface area contributed by atoms with Crippen molar-refractivity contribution in [2.75, 3.05) is 40.4 Å². The van der Waals surface area contributed by atoms with E-state index in [0.29, 0.717) is 23.1 Å². The van der Waals surface area contributed by atoms with Crippen LogP contribution in [0.3, 0.4) is 0 Å². The number of ether oxygens (including phenoxy) is 2. The fraction of sp³-hybridized carbons (Fsp3) is 0.562. The minimum absolute atomic E-state index is 0.0565. The molecule has 2 heterocycles. The normalized spacial score (nSPS) is 22.0. The number of rotatable bonds is 3. The van der Waals surface area contributed by atoms with Gasteiger partial charge in [0.25, 0.3) is 5.91 Å². The first-order chi connectivity index (χ1) is 10.2. The molecule has 2 aliphatic rings. The van der Waals surface area contributed by atoms with E-state index in [9.17, 15) is 4.79 Å². The maximum Gasteiger partial charge on any atom is 0.257 e. The number of benzene rings is 1. The molecule has 0 bridgehead atoms. The molecule has 1 amide bonds. The summed E-state index contributed by atoms with van der Waals surface area (Å²) in [5.41, 5.74) is 0.616. The lowest BCUT2D eigenvalue weighted by molar-refractivity contribution is 0.0568. The Labute approximate surface area is 125 Å². The average Bonchev–Trinajstić information content (AvgIpc) is 3.01. The first kappa shape index (κ1) is 14.2. The van der Waals surface area contributed by atoms with Crippen LogP contribution in [0.25, 0.3) is 0 Å². The van der Waals surface area contributed by atoms with E-state index in [1.807, 2.05) is 11.0 Å². The van der Waals surface area contributed by atoms with Crippen LogP contribution in [0.5, 0.6) is 11.5 Å². The third-order valence-electron chi connectivity index (χ3n) is 4.51. The van der Waals surface area contributed by atoms with Crippen LogP contribution in [-0.2, 0) is 0 Å². The Morgan fingerprint density at radius 3 is 2.81 bits per heavy atom. The number of hydrogen-bond acceptors (Lipinski definition) is 4. The standard InChI is InChI=1S/C16H22N2O3/c1-20-13-5-6-14(15(10-13)21-2)16(19)18-9-8-17-7-3-4-12(17)11-18/h5-6,10,12H,3-4,7-9,11H2,1-2H3. The lowest BCUT2D eigenvalue weighted by atomic mass is 10.1. The SMILES string of the molecule is COc1ccc(C(=O)N2CCN3CCCC3C2)c(OC)c1. The number of carbonyl (C=O) groups excluding carboxylic acids is 1. The lowest BCUT2D eigenvalue weighted by Crippen LogP contribution is -2.52. The second kappa shape index (κ2) is 5.93. The molecule has 1 aromatic carbocycles. The Morgan fingerprint density at radius 2 is 2.05 bits per heavy atom. The molecule has 2 aliphatic heterocycles. The number of nitrogens with zero attached hydrogens (tertiary/aromatic N) is 2. The van der Waals surface area contributed by atoms with Gasteiger partial charge in [-0.3, -0.25) is 9.69 Å². The van der Waals surface area contributed by atoms with Crippen molar-refractivity contribution in [3.8, 4) is 11.5 Å². The molecule has 1 atom stereocenters. The first-order valence-corrected chi connectivity index (χ1v) is 7.48. The fourth-order valence-electron chi connectivity index (χ4n) is 3.32. The van der Waals surface area contributed by atoms with Crippen LogP contribution >= 0.6 is 0 Å². The molecule has 0 spiro atoms. The van der Waals surface area contributed by atoms with Crippen LogP contribution in [0.2, 0.25) is 0 Å². The summed E-state index contributed by atoms with van der Waals surface area (Å²) >= 11 is 0. The van der Waals surface area contributed by atoms with Gasteiger partial charge in [0.1, 0.15) is 11.5 Å². The highest BCUT2D eigenvalue weighted by molar-refractivity contribution is 5.97. The molecular weight excluding hydrogens is 268 g/mol. The van der Waals surface area contributed by atoms with Crippen LogP contribution in [-0.4, -0.2) is 62.1 Å². The maximum absolute atomic E-state index is 12.8. The minimum Gasteiger partial charge on any atom is -0.497 e. The van der Waals surface area contributed by atoms with E-state index in [2.05, 4.69) is 4.90 Å². The van der Waals surface area contributed by atoms with Gasteiger partial charge < -0.3 is 14.4 Å². The lowest BCUT2D eigenvalue weighted by Gasteiger charge is -2.37. The van der Waals surface area contributed by atoms with E-state index in [1.165, 1.54) is 19.4 Å².